The van der Waals surface area contributed by atoms with Gasteiger partial charge in [0.05, 0.1) is 5.52 Å². The lowest BCUT2D eigenvalue weighted by molar-refractivity contribution is 0.691. The molecule has 0 amide bonds. The fraction of sp³-hybridized carbons (Fsp3) is 0.417. The predicted molar refractivity (Wildman–Crippen MR) is 70.5 cm³/mol. The van der Waals surface area contributed by atoms with E-state index in [-0.39, 0.29) is 0 Å². The molecule has 1 aromatic heterocycles. The Morgan fingerprint density at radius 2 is 2.25 bits per heavy atom. The number of fused-ring (bicyclic) bond motifs is 1. The van der Waals surface area contributed by atoms with Gasteiger partial charge in [-0.2, -0.15) is 5.10 Å². The number of nitrogens with two attached hydrogens (primary N) is 1. The molecule has 0 bridgehead atoms. The van der Waals surface area contributed by atoms with Gasteiger partial charge in [-0.3, -0.25) is 4.68 Å². The first-order chi connectivity index (χ1) is 7.63. The molecule has 86 valence electrons. The summed E-state index contributed by atoms with van der Waals surface area (Å²) < 4.78 is 2.79. The summed E-state index contributed by atoms with van der Waals surface area (Å²) in [5.74, 6) is 0.501. The number of hydrogen-bond donors (Lipinski definition) is 1. The second kappa shape index (κ2) is 4.55. The zero-order chi connectivity index (χ0) is 11.7. The summed E-state index contributed by atoms with van der Waals surface area (Å²) in [5, 5.41) is 5.52. The summed E-state index contributed by atoms with van der Waals surface area (Å²) in [6.45, 7) is 2.94. The molecule has 0 saturated heterocycles. The highest BCUT2D eigenvalue weighted by Crippen LogP contribution is 2.27. The van der Waals surface area contributed by atoms with Crippen LogP contribution >= 0.6 is 15.9 Å². The third kappa shape index (κ3) is 1.99. The Morgan fingerprint density at radius 3 is 2.94 bits per heavy atom. The van der Waals surface area contributed by atoms with E-state index in [2.05, 4.69) is 46.2 Å². The molecular weight excluding hydrogens is 266 g/mol. The summed E-state index contributed by atoms with van der Waals surface area (Å²) in [7, 11) is 1.95. The summed E-state index contributed by atoms with van der Waals surface area (Å²) in [6.07, 6.45) is 1.02. The van der Waals surface area contributed by atoms with Crippen LogP contribution < -0.4 is 5.73 Å². The third-order valence-corrected chi connectivity index (χ3v) is 3.58. The van der Waals surface area contributed by atoms with Gasteiger partial charge in [-0.25, -0.2) is 0 Å². The molecule has 16 heavy (non-hydrogen) atoms. The number of hydrogen-bond acceptors (Lipinski definition) is 2. The minimum atomic E-state index is 0.501. The first-order valence-corrected chi connectivity index (χ1v) is 6.25. The summed E-state index contributed by atoms with van der Waals surface area (Å²) in [4.78, 5) is 0. The minimum absolute atomic E-state index is 0.501. The summed E-state index contributed by atoms with van der Waals surface area (Å²) in [5.41, 5.74) is 8.06. The SMILES string of the molecule is CC(CCN)c1ccc2c(c1)c(Br)nn2C. The van der Waals surface area contributed by atoms with E-state index in [4.69, 9.17) is 5.73 Å². The van der Waals surface area contributed by atoms with Crippen LogP contribution in [-0.4, -0.2) is 16.3 Å². The first kappa shape index (κ1) is 11.6. The summed E-state index contributed by atoms with van der Waals surface area (Å²) >= 11 is 3.48. The van der Waals surface area contributed by atoms with Crippen LogP contribution in [0.2, 0.25) is 0 Å². The molecule has 3 nitrogen and oxygen atoms in total. The first-order valence-electron chi connectivity index (χ1n) is 5.45. The van der Waals surface area contributed by atoms with Crippen LogP contribution in [0.1, 0.15) is 24.8 Å². The lowest BCUT2D eigenvalue weighted by atomic mass is 9.97. The maximum absolute atomic E-state index is 5.59. The van der Waals surface area contributed by atoms with Gasteiger partial charge in [0, 0.05) is 12.4 Å². The summed E-state index contributed by atoms with van der Waals surface area (Å²) in [6, 6.07) is 6.49. The fourth-order valence-corrected chi connectivity index (χ4v) is 2.52. The highest BCUT2D eigenvalue weighted by atomic mass is 79.9. The zero-order valence-corrected chi connectivity index (χ0v) is 11.2. The molecule has 0 aliphatic carbocycles. The molecule has 0 aliphatic rings. The van der Waals surface area contributed by atoms with E-state index < -0.39 is 0 Å². The lowest BCUT2D eigenvalue weighted by Crippen LogP contribution is -2.04. The number of halogens is 1. The third-order valence-electron chi connectivity index (χ3n) is 3.00. The number of nitrogens with zero attached hydrogens (tertiary/aromatic N) is 2. The van der Waals surface area contributed by atoms with Crippen molar-refractivity contribution < 1.29 is 0 Å². The lowest BCUT2D eigenvalue weighted by Gasteiger charge is -2.10. The van der Waals surface area contributed by atoms with Crippen LogP contribution in [-0.2, 0) is 7.05 Å². The van der Waals surface area contributed by atoms with Crippen molar-refractivity contribution in [3.63, 3.8) is 0 Å². The smallest absolute Gasteiger partial charge is 0.135 e. The molecule has 0 radical (unpaired) electrons. The molecule has 1 atom stereocenters. The Labute approximate surface area is 104 Å². The van der Waals surface area contributed by atoms with Gasteiger partial charge in [0.15, 0.2) is 0 Å². The quantitative estimate of drug-likeness (QED) is 0.940. The molecule has 1 heterocycles. The van der Waals surface area contributed by atoms with E-state index in [9.17, 15) is 0 Å². The molecule has 2 aromatic rings. The molecule has 0 fully saturated rings. The van der Waals surface area contributed by atoms with E-state index in [1.807, 2.05) is 11.7 Å². The van der Waals surface area contributed by atoms with E-state index >= 15 is 0 Å². The molecule has 0 aliphatic heterocycles. The average Bonchev–Trinajstić information content (AvgIpc) is 2.55. The van der Waals surface area contributed by atoms with Gasteiger partial charge in [0.1, 0.15) is 4.60 Å². The normalized spacial score (nSPS) is 13.2. The fourth-order valence-electron chi connectivity index (χ4n) is 1.96. The van der Waals surface area contributed by atoms with E-state index in [1.165, 1.54) is 10.9 Å². The average molecular weight is 282 g/mol. The van der Waals surface area contributed by atoms with Crippen molar-refractivity contribution >= 4 is 26.8 Å². The van der Waals surface area contributed by atoms with Crippen molar-refractivity contribution in [2.24, 2.45) is 12.8 Å². The second-order valence-corrected chi connectivity index (χ2v) is 4.92. The van der Waals surface area contributed by atoms with Crippen LogP contribution in [0.4, 0.5) is 0 Å². The Balaban J connectivity index is 2.47. The van der Waals surface area contributed by atoms with Crippen molar-refractivity contribution in [1.82, 2.24) is 9.78 Å². The predicted octanol–water partition coefficient (Wildman–Crippen LogP) is 2.79. The molecule has 2 N–H and O–H groups in total. The van der Waals surface area contributed by atoms with Gasteiger partial charge in [0.25, 0.3) is 0 Å². The molecule has 4 heteroatoms. The van der Waals surface area contributed by atoms with E-state index in [0.717, 1.165) is 23.1 Å². The van der Waals surface area contributed by atoms with Crippen LogP contribution in [0.15, 0.2) is 22.8 Å². The van der Waals surface area contributed by atoms with Crippen LogP contribution in [0.3, 0.4) is 0 Å². The van der Waals surface area contributed by atoms with Crippen molar-refractivity contribution in [2.45, 2.75) is 19.3 Å². The molecule has 2 rings (SSSR count). The van der Waals surface area contributed by atoms with E-state index in [0.29, 0.717) is 5.92 Å². The number of aromatic nitrogens is 2. The van der Waals surface area contributed by atoms with E-state index in [1.54, 1.807) is 0 Å². The number of aryl methyl sites for hydroxylation is 1. The second-order valence-electron chi connectivity index (χ2n) is 4.17. The van der Waals surface area contributed by atoms with Gasteiger partial charge >= 0.3 is 0 Å². The molecule has 1 unspecified atom stereocenters. The minimum Gasteiger partial charge on any atom is -0.330 e. The highest BCUT2D eigenvalue weighted by Gasteiger charge is 2.10. The van der Waals surface area contributed by atoms with Gasteiger partial charge < -0.3 is 5.73 Å². The van der Waals surface area contributed by atoms with Crippen LogP contribution in [0.5, 0.6) is 0 Å². The van der Waals surface area contributed by atoms with Crippen molar-refractivity contribution in [2.75, 3.05) is 6.54 Å². The van der Waals surface area contributed by atoms with Gasteiger partial charge in [-0.15, -0.1) is 0 Å². The topological polar surface area (TPSA) is 43.8 Å². The van der Waals surface area contributed by atoms with Crippen LogP contribution in [0, 0.1) is 0 Å². The Bertz CT molecular complexity index is 504. The van der Waals surface area contributed by atoms with Crippen molar-refractivity contribution in [3.8, 4) is 0 Å². The number of benzene rings is 1. The molecule has 1 aromatic carbocycles. The Hall–Kier alpha value is -0.870. The standard InChI is InChI=1S/C12H16BrN3/c1-8(5-6-14)9-3-4-11-10(7-9)12(13)15-16(11)2/h3-4,7-8H,5-6,14H2,1-2H3. The Morgan fingerprint density at radius 1 is 1.50 bits per heavy atom. The monoisotopic (exact) mass is 281 g/mol. The molecule has 0 spiro atoms. The van der Waals surface area contributed by atoms with Crippen molar-refractivity contribution in [1.29, 1.82) is 0 Å². The maximum Gasteiger partial charge on any atom is 0.135 e. The van der Waals surface area contributed by atoms with Gasteiger partial charge in [-0.1, -0.05) is 13.0 Å². The maximum atomic E-state index is 5.59. The largest absolute Gasteiger partial charge is 0.330 e. The molecule has 0 saturated carbocycles. The van der Waals surface area contributed by atoms with Crippen molar-refractivity contribution in [3.05, 3.63) is 28.4 Å². The highest BCUT2D eigenvalue weighted by molar-refractivity contribution is 9.10. The number of rotatable bonds is 3. The van der Waals surface area contributed by atoms with Gasteiger partial charge in [0.2, 0.25) is 0 Å². The van der Waals surface area contributed by atoms with Gasteiger partial charge in [-0.05, 0) is 52.5 Å². The molecular formula is C12H16BrN3. The zero-order valence-electron chi connectivity index (χ0n) is 9.57. The van der Waals surface area contributed by atoms with Crippen LogP contribution in [0.25, 0.3) is 10.9 Å². The Kier molecular flexibility index (Phi) is 3.30.